The van der Waals surface area contributed by atoms with Gasteiger partial charge in [-0.05, 0) is 37.3 Å². The number of hydrogen-bond acceptors (Lipinski definition) is 2. The minimum atomic E-state index is -0.462. The molecule has 5 heteroatoms. The maximum absolute atomic E-state index is 13.4. The maximum Gasteiger partial charge on any atom is 0.258 e. The van der Waals surface area contributed by atoms with E-state index < -0.39 is 5.82 Å². The van der Waals surface area contributed by atoms with Crippen LogP contribution in [0, 0.1) is 5.82 Å². The first-order chi connectivity index (χ1) is 10.6. The van der Waals surface area contributed by atoms with Crippen molar-refractivity contribution in [2.24, 2.45) is 0 Å². The van der Waals surface area contributed by atoms with Crippen LogP contribution in [0.4, 0.5) is 15.8 Å². The molecule has 0 saturated carbocycles. The summed E-state index contributed by atoms with van der Waals surface area (Å²) < 4.78 is 13.4. The first-order valence-corrected chi connectivity index (χ1v) is 7.04. The van der Waals surface area contributed by atoms with E-state index in [1.807, 2.05) is 0 Å². The Morgan fingerprint density at radius 3 is 2.77 bits per heavy atom. The maximum atomic E-state index is 13.4. The highest BCUT2D eigenvalue weighted by Crippen LogP contribution is 2.32. The van der Waals surface area contributed by atoms with Gasteiger partial charge in [-0.1, -0.05) is 18.2 Å². The molecular weight excluding hydrogens is 283 g/mol. The van der Waals surface area contributed by atoms with Crippen LogP contribution in [-0.4, -0.2) is 17.9 Å². The van der Waals surface area contributed by atoms with Crippen molar-refractivity contribution in [1.29, 1.82) is 0 Å². The summed E-state index contributed by atoms with van der Waals surface area (Å²) in [5.74, 6) is -0.929. The highest BCUT2D eigenvalue weighted by molar-refractivity contribution is 6.11. The summed E-state index contributed by atoms with van der Waals surface area (Å²) in [6.07, 6.45) is 0.190. The van der Waals surface area contributed by atoms with Gasteiger partial charge in [-0.15, -0.1) is 0 Å². The average Bonchev–Trinajstić information content (AvgIpc) is 2.61. The molecule has 0 saturated heterocycles. The van der Waals surface area contributed by atoms with Gasteiger partial charge in [0.25, 0.3) is 5.91 Å². The molecule has 0 fully saturated rings. The van der Waals surface area contributed by atoms with Crippen LogP contribution >= 0.6 is 0 Å². The minimum Gasteiger partial charge on any atom is -0.324 e. The van der Waals surface area contributed by atoms with Gasteiger partial charge in [-0.2, -0.15) is 0 Å². The van der Waals surface area contributed by atoms with Gasteiger partial charge >= 0.3 is 0 Å². The molecule has 0 unspecified atom stereocenters. The van der Waals surface area contributed by atoms with Gasteiger partial charge in [0.1, 0.15) is 5.82 Å². The molecule has 1 aliphatic rings. The molecule has 3 rings (SSSR count). The Kier molecular flexibility index (Phi) is 3.63. The van der Waals surface area contributed by atoms with E-state index in [0.717, 1.165) is 0 Å². The zero-order chi connectivity index (χ0) is 15.7. The van der Waals surface area contributed by atoms with Crippen LogP contribution in [0.1, 0.15) is 23.7 Å². The van der Waals surface area contributed by atoms with Crippen molar-refractivity contribution in [1.82, 2.24) is 0 Å². The number of carbonyl (C=O) groups excluding carboxylic acids is 2. The van der Waals surface area contributed by atoms with E-state index >= 15 is 0 Å². The zero-order valence-electron chi connectivity index (χ0n) is 12.0. The minimum absolute atomic E-state index is 0.144. The lowest BCUT2D eigenvalue weighted by atomic mass is 10.1. The summed E-state index contributed by atoms with van der Waals surface area (Å²) in [4.78, 5) is 26.3. The largest absolute Gasteiger partial charge is 0.324 e. The molecule has 1 N–H and O–H groups in total. The van der Waals surface area contributed by atoms with Crippen LogP contribution in [0.25, 0.3) is 0 Å². The third kappa shape index (κ3) is 2.57. The summed E-state index contributed by atoms with van der Waals surface area (Å²) >= 11 is 0. The molecule has 0 radical (unpaired) electrons. The second-order valence-corrected chi connectivity index (χ2v) is 5.30. The van der Waals surface area contributed by atoms with Crippen molar-refractivity contribution in [3.8, 4) is 0 Å². The second kappa shape index (κ2) is 5.60. The van der Waals surface area contributed by atoms with Crippen molar-refractivity contribution in [3.63, 3.8) is 0 Å². The smallest absolute Gasteiger partial charge is 0.258 e. The van der Waals surface area contributed by atoms with Crippen LogP contribution in [0.5, 0.6) is 0 Å². The molecule has 4 nitrogen and oxygen atoms in total. The fourth-order valence-electron chi connectivity index (χ4n) is 2.66. The molecule has 0 aromatic heterocycles. The van der Waals surface area contributed by atoms with Gasteiger partial charge in [0.2, 0.25) is 5.91 Å². The van der Waals surface area contributed by atoms with Crippen LogP contribution in [0.3, 0.4) is 0 Å². The molecule has 1 aliphatic heterocycles. The van der Waals surface area contributed by atoms with E-state index in [-0.39, 0.29) is 29.8 Å². The van der Waals surface area contributed by atoms with E-state index in [0.29, 0.717) is 11.4 Å². The highest BCUT2D eigenvalue weighted by atomic mass is 19.1. The number of para-hydroxylation sites is 2. The summed E-state index contributed by atoms with van der Waals surface area (Å²) in [7, 11) is 0. The van der Waals surface area contributed by atoms with E-state index in [1.54, 1.807) is 42.2 Å². The number of halogens is 1. The lowest BCUT2D eigenvalue weighted by Crippen LogP contribution is -2.39. The number of carbonyl (C=O) groups is 2. The van der Waals surface area contributed by atoms with Gasteiger partial charge in [-0.3, -0.25) is 9.59 Å². The third-order valence-corrected chi connectivity index (χ3v) is 3.65. The number of amides is 2. The predicted molar refractivity (Wildman–Crippen MR) is 82.4 cm³/mol. The first kappa shape index (κ1) is 14.3. The predicted octanol–water partition coefficient (Wildman–Crippen LogP) is 3.20. The summed E-state index contributed by atoms with van der Waals surface area (Å²) in [6.45, 7) is 1.80. The van der Waals surface area contributed by atoms with Gasteiger partial charge in [-0.25, -0.2) is 4.39 Å². The molecule has 1 atom stereocenters. The fraction of sp³-hybridized carbons (Fsp3) is 0.176. The Bertz CT molecular complexity index is 745. The SMILES string of the molecule is C[C@H]1CC(=O)Nc2ccccc2N1C(=O)c1cccc(F)c1. The fourth-order valence-corrected chi connectivity index (χ4v) is 2.66. The molecule has 1 heterocycles. The topological polar surface area (TPSA) is 49.4 Å². The summed E-state index contributed by atoms with van der Waals surface area (Å²) in [5.41, 5.74) is 1.47. The Balaban J connectivity index is 2.08. The molecule has 112 valence electrons. The van der Waals surface area contributed by atoms with Gasteiger partial charge < -0.3 is 10.2 Å². The highest BCUT2D eigenvalue weighted by Gasteiger charge is 2.30. The molecular formula is C17H15FN2O2. The molecule has 0 aliphatic carbocycles. The van der Waals surface area contributed by atoms with Crippen molar-refractivity contribution in [3.05, 3.63) is 59.9 Å². The van der Waals surface area contributed by atoms with Crippen molar-refractivity contribution in [2.45, 2.75) is 19.4 Å². The Morgan fingerprint density at radius 2 is 2.00 bits per heavy atom. The number of nitrogens with zero attached hydrogens (tertiary/aromatic N) is 1. The van der Waals surface area contributed by atoms with Gasteiger partial charge in [0.15, 0.2) is 0 Å². The molecule has 2 amide bonds. The second-order valence-electron chi connectivity index (χ2n) is 5.30. The van der Waals surface area contributed by atoms with Crippen LogP contribution < -0.4 is 10.2 Å². The van der Waals surface area contributed by atoms with Gasteiger partial charge in [0.05, 0.1) is 11.4 Å². The van der Waals surface area contributed by atoms with Gasteiger partial charge in [0, 0.05) is 18.0 Å². The monoisotopic (exact) mass is 298 g/mol. The van der Waals surface area contributed by atoms with Crippen LogP contribution in [0.2, 0.25) is 0 Å². The third-order valence-electron chi connectivity index (χ3n) is 3.65. The van der Waals surface area contributed by atoms with E-state index in [1.165, 1.54) is 18.2 Å². The lowest BCUT2D eigenvalue weighted by Gasteiger charge is -2.27. The number of fused-ring (bicyclic) bond motifs is 1. The summed E-state index contributed by atoms with van der Waals surface area (Å²) in [6, 6.07) is 12.4. The van der Waals surface area contributed by atoms with Crippen molar-refractivity contribution < 1.29 is 14.0 Å². The molecule has 0 bridgehead atoms. The molecule has 2 aromatic carbocycles. The van der Waals surface area contributed by atoms with Crippen molar-refractivity contribution in [2.75, 3.05) is 10.2 Å². The van der Waals surface area contributed by atoms with E-state index in [4.69, 9.17) is 0 Å². The Hall–Kier alpha value is -2.69. The number of rotatable bonds is 1. The van der Waals surface area contributed by atoms with E-state index in [9.17, 15) is 14.0 Å². The summed E-state index contributed by atoms with van der Waals surface area (Å²) in [5, 5.41) is 2.79. The molecule has 2 aromatic rings. The number of nitrogens with one attached hydrogen (secondary N) is 1. The molecule has 22 heavy (non-hydrogen) atoms. The van der Waals surface area contributed by atoms with Crippen LogP contribution in [0.15, 0.2) is 48.5 Å². The average molecular weight is 298 g/mol. The zero-order valence-corrected chi connectivity index (χ0v) is 12.0. The van der Waals surface area contributed by atoms with Crippen molar-refractivity contribution >= 4 is 23.2 Å². The lowest BCUT2D eigenvalue weighted by molar-refractivity contribution is -0.116. The molecule has 0 spiro atoms. The normalized spacial score (nSPS) is 17.5. The van der Waals surface area contributed by atoms with E-state index in [2.05, 4.69) is 5.32 Å². The van der Waals surface area contributed by atoms with Crippen LogP contribution in [-0.2, 0) is 4.79 Å². The standard InChI is InChI=1S/C17H15FN2O2/c1-11-9-16(21)19-14-7-2-3-8-15(14)20(11)17(22)12-5-4-6-13(18)10-12/h2-8,10-11H,9H2,1H3,(H,19,21)/t11-/m0/s1. The Morgan fingerprint density at radius 1 is 1.23 bits per heavy atom. The Labute approximate surface area is 127 Å². The quantitative estimate of drug-likeness (QED) is 0.879. The number of hydrogen-bond donors (Lipinski definition) is 1. The number of benzene rings is 2. The number of anilines is 2. The first-order valence-electron chi connectivity index (χ1n) is 7.04.